The Hall–Kier alpha value is -3.78. The normalized spacial score (nSPS) is 14.1. The molecule has 0 unspecified atom stereocenters. The second-order valence-electron chi connectivity index (χ2n) is 10.2. The number of hydrogen-bond acceptors (Lipinski definition) is 10. The molecule has 1 aromatic carbocycles. The molecule has 1 aliphatic rings. The fourth-order valence-corrected chi connectivity index (χ4v) is 7.01. The molecule has 1 fully saturated rings. The van der Waals surface area contributed by atoms with Crippen molar-refractivity contribution in [3.8, 4) is 0 Å². The maximum absolute atomic E-state index is 14.1. The van der Waals surface area contributed by atoms with Crippen LogP contribution < -0.4 is 10.6 Å². The number of amides is 2. The van der Waals surface area contributed by atoms with Crippen molar-refractivity contribution >= 4 is 51.9 Å². The fraction of sp³-hybridized carbons (Fsp3) is 0.467. The Morgan fingerprint density at radius 1 is 1.07 bits per heavy atom. The van der Waals surface area contributed by atoms with Crippen LogP contribution >= 0.6 is 23.1 Å². The van der Waals surface area contributed by atoms with Gasteiger partial charge in [0.15, 0.2) is 11.0 Å². The molecule has 0 spiro atoms. The minimum atomic E-state index is -0.675. The highest BCUT2D eigenvalue weighted by atomic mass is 32.2. The van der Waals surface area contributed by atoms with E-state index in [1.54, 1.807) is 33.8 Å². The number of anilines is 1. The molecule has 1 saturated carbocycles. The molecule has 14 heteroatoms. The summed E-state index contributed by atoms with van der Waals surface area (Å²) in [4.78, 5) is 51.6. The molecule has 0 bridgehead atoms. The Morgan fingerprint density at radius 3 is 2.43 bits per heavy atom. The zero-order valence-electron chi connectivity index (χ0n) is 25.1. The quantitative estimate of drug-likeness (QED) is 0.188. The number of rotatable bonds is 12. The van der Waals surface area contributed by atoms with E-state index in [-0.39, 0.29) is 46.8 Å². The summed E-state index contributed by atoms with van der Waals surface area (Å²) in [5, 5.41) is 14.3. The molecule has 2 amide bonds. The number of halogens is 1. The summed E-state index contributed by atoms with van der Waals surface area (Å²) >= 11 is 2.16. The topological polar surface area (TPSA) is 142 Å². The minimum absolute atomic E-state index is 0.0335. The number of thiophene rings is 1. The van der Waals surface area contributed by atoms with Crippen LogP contribution in [0.5, 0.6) is 0 Å². The minimum Gasteiger partial charge on any atom is -0.462 e. The van der Waals surface area contributed by atoms with E-state index < -0.39 is 34.8 Å². The number of aromatic nitrogens is 3. The SMILES string of the molecule is CCOC(=O)c1sc(NC(=O)[C@@H](C)Sc2nnc(CNC(=O)c3ccccc3F)n2C2CCCCC2)c(C(=O)OCC)c1C. The van der Waals surface area contributed by atoms with Crippen molar-refractivity contribution in [3.05, 3.63) is 57.5 Å². The molecule has 0 aliphatic heterocycles. The summed E-state index contributed by atoms with van der Waals surface area (Å²) in [6, 6.07) is 5.83. The number of hydrogen-bond donors (Lipinski definition) is 2. The molecule has 4 rings (SSSR count). The first-order valence-corrected chi connectivity index (χ1v) is 16.3. The number of ether oxygens (including phenoxy) is 2. The van der Waals surface area contributed by atoms with Gasteiger partial charge in [-0.1, -0.05) is 43.2 Å². The van der Waals surface area contributed by atoms with Crippen LogP contribution in [-0.2, 0) is 20.8 Å². The van der Waals surface area contributed by atoms with Gasteiger partial charge in [-0.15, -0.1) is 21.5 Å². The second kappa shape index (κ2) is 15.3. The molecular formula is C30H36FN5O6S2. The van der Waals surface area contributed by atoms with Crippen LogP contribution in [-0.4, -0.2) is 57.0 Å². The summed E-state index contributed by atoms with van der Waals surface area (Å²) in [7, 11) is 0. The van der Waals surface area contributed by atoms with Crippen LogP contribution in [0.25, 0.3) is 0 Å². The van der Waals surface area contributed by atoms with Gasteiger partial charge in [-0.25, -0.2) is 14.0 Å². The molecule has 0 saturated heterocycles. The lowest BCUT2D eigenvalue weighted by Gasteiger charge is -2.26. The predicted octanol–water partition coefficient (Wildman–Crippen LogP) is 5.70. The number of esters is 2. The molecule has 11 nitrogen and oxygen atoms in total. The summed E-state index contributed by atoms with van der Waals surface area (Å²) < 4.78 is 26.4. The van der Waals surface area contributed by atoms with Gasteiger partial charge in [-0.3, -0.25) is 9.59 Å². The van der Waals surface area contributed by atoms with Gasteiger partial charge in [0.25, 0.3) is 5.91 Å². The molecule has 1 aliphatic carbocycles. The number of carbonyl (C=O) groups excluding carboxylic acids is 4. The van der Waals surface area contributed by atoms with E-state index in [2.05, 4.69) is 20.8 Å². The summed E-state index contributed by atoms with van der Waals surface area (Å²) in [6.45, 7) is 7.00. The van der Waals surface area contributed by atoms with Crippen molar-refractivity contribution in [2.75, 3.05) is 18.5 Å². The Bertz CT molecular complexity index is 1520. The van der Waals surface area contributed by atoms with Gasteiger partial charge in [-0.2, -0.15) is 0 Å². The van der Waals surface area contributed by atoms with Crippen molar-refractivity contribution < 1.29 is 33.0 Å². The number of carbonyl (C=O) groups is 4. The van der Waals surface area contributed by atoms with Crippen LogP contribution in [0.2, 0.25) is 0 Å². The van der Waals surface area contributed by atoms with Crippen molar-refractivity contribution in [1.29, 1.82) is 0 Å². The lowest BCUT2D eigenvalue weighted by molar-refractivity contribution is -0.115. The first kappa shape index (κ1) is 33.1. The highest BCUT2D eigenvalue weighted by Gasteiger charge is 2.30. The zero-order chi connectivity index (χ0) is 31.8. The Morgan fingerprint density at radius 2 is 1.75 bits per heavy atom. The van der Waals surface area contributed by atoms with Crippen LogP contribution in [0.3, 0.4) is 0 Å². The molecule has 2 heterocycles. The largest absolute Gasteiger partial charge is 0.462 e. The van der Waals surface area contributed by atoms with Crippen molar-refractivity contribution in [2.24, 2.45) is 0 Å². The molecule has 2 aromatic heterocycles. The third kappa shape index (κ3) is 7.65. The maximum atomic E-state index is 14.1. The molecule has 1 atom stereocenters. The van der Waals surface area contributed by atoms with Crippen molar-refractivity contribution in [3.63, 3.8) is 0 Å². The number of thioether (sulfide) groups is 1. The molecular weight excluding hydrogens is 609 g/mol. The second-order valence-corrected chi connectivity index (χ2v) is 12.5. The van der Waals surface area contributed by atoms with Gasteiger partial charge < -0.3 is 24.7 Å². The van der Waals surface area contributed by atoms with Gasteiger partial charge in [0, 0.05) is 6.04 Å². The maximum Gasteiger partial charge on any atom is 0.348 e. The first-order valence-electron chi connectivity index (χ1n) is 14.6. The third-order valence-electron chi connectivity index (χ3n) is 7.18. The zero-order valence-corrected chi connectivity index (χ0v) is 26.7. The molecule has 2 N–H and O–H groups in total. The first-order chi connectivity index (χ1) is 21.2. The van der Waals surface area contributed by atoms with Crippen molar-refractivity contribution in [1.82, 2.24) is 20.1 Å². The standard InChI is InChI=1S/C30H36FN5O6S2/c1-5-41-28(39)23-17(3)24(29(40)42-6-2)44-27(23)33-25(37)18(4)43-30-35-34-22(36(30)19-12-8-7-9-13-19)16-32-26(38)20-14-10-11-15-21(20)31/h10-11,14-15,18-19H,5-9,12-13,16H2,1-4H3,(H,32,38)(H,33,37)/t18-/m1/s1. The highest BCUT2D eigenvalue weighted by Crippen LogP contribution is 2.37. The lowest BCUT2D eigenvalue weighted by atomic mass is 9.95. The summed E-state index contributed by atoms with van der Waals surface area (Å²) in [5.74, 6) is -2.31. The van der Waals surface area contributed by atoms with E-state index in [0.717, 1.165) is 43.4 Å². The molecule has 0 radical (unpaired) electrons. The molecule has 3 aromatic rings. The average Bonchev–Trinajstić information content (AvgIpc) is 3.56. The Balaban J connectivity index is 1.54. The van der Waals surface area contributed by atoms with Gasteiger partial charge in [-0.05, 0) is 58.2 Å². The van der Waals surface area contributed by atoms with E-state index in [9.17, 15) is 23.6 Å². The van der Waals surface area contributed by atoms with E-state index >= 15 is 0 Å². The van der Waals surface area contributed by atoms with Gasteiger partial charge in [0.1, 0.15) is 15.7 Å². The number of nitrogens with one attached hydrogen (secondary N) is 2. The van der Waals surface area contributed by atoms with Gasteiger partial charge >= 0.3 is 11.9 Å². The van der Waals surface area contributed by atoms with Crippen LogP contribution in [0.4, 0.5) is 9.39 Å². The van der Waals surface area contributed by atoms with E-state index in [1.807, 2.05) is 4.57 Å². The summed E-state index contributed by atoms with van der Waals surface area (Å²) in [5.41, 5.74) is 0.429. The number of benzene rings is 1. The average molecular weight is 646 g/mol. The van der Waals surface area contributed by atoms with Gasteiger partial charge in [0.05, 0.1) is 36.1 Å². The van der Waals surface area contributed by atoms with E-state index in [1.165, 1.54) is 30.0 Å². The number of nitrogens with zero attached hydrogens (tertiary/aromatic N) is 3. The Labute approximate surface area is 263 Å². The smallest absolute Gasteiger partial charge is 0.348 e. The lowest BCUT2D eigenvalue weighted by Crippen LogP contribution is -2.27. The third-order valence-corrected chi connectivity index (χ3v) is 9.42. The van der Waals surface area contributed by atoms with Crippen molar-refractivity contribution in [2.45, 2.75) is 82.8 Å². The van der Waals surface area contributed by atoms with Gasteiger partial charge in [0.2, 0.25) is 5.91 Å². The van der Waals surface area contributed by atoms with Crippen LogP contribution in [0.1, 0.15) is 101 Å². The Kier molecular flexibility index (Phi) is 11.5. The van der Waals surface area contributed by atoms with E-state index in [0.29, 0.717) is 16.5 Å². The predicted molar refractivity (Wildman–Crippen MR) is 165 cm³/mol. The molecule has 44 heavy (non-hydrogen) atoms. The fourth-order valence-electron chi connectivity index (χ4n) is 4.98. The molecule has 236 valence electrons. The highest BCUT2D eigenvalue weighted by molar-refractivity contribution is 8.00. The van der Waals surface area contributed by atoms with Crippen LogP contribution in [0, 0.1) is 12.7 Å². The monoisotopic (exact) mass is 645 g/mol. The van der Waals surface area contributed by atoms with Crippen LogP contribution in [0.15, 0.2) is 29.4 Å². The van der Waals surface area contributed by atoms with E-state index in [4.69, 9.17) is 9.47 Å². The summed E-state index contributed by atoms with van der Waals surface area (Å²) in [6.07, 6.45) is 4.97.